The Morgan fingerprint density at radius 3 is 2.37 bits per heavy atom. The molecule has 0 saturated heterocycles. The molecule has 0 unspecified atom stereocenters. The molecule has 1 aliphatic rings. The van der Waals surface area contributed by atoms with Gasteiger partial charge in [-0.3, -0.25) is 9.59 Å². The van der Waals surface area contributed by atoms with Gasteiger partial charge >= 0.3 is 5.97 Å². The Bertz CT molecular complexity index is 297. The van der Waals surface area contributed by atoms with E-state index in [1.165, 1.54) is 12.8 Å². The predicted octanol–water partition coefficient (Wildman–Crippen LogP) is 1.36. The van der Waals surface area contributed by atoms with E-state index < -0.39 is 5.41 Å². The molecule has 5 nitrogen and oxygen atoms in total. The Kier molecular flexibility index (Phi) is 6.84. The van der Waals surface area contributed by atoms with E-state index in [1.807, 2.05) is 0 Å². The molecular weight excluding hydrogens is 244 g/mol. The molecule has 3 N–H and O–H groups in total. The van der Waals surface area contributed by atoms with Crippen LogP contribution in [0, 0.1) is 5.41 Å². The number of carbonyl (C=O) groups is 2. The van der Waals surface area contributed by atoms with Gasteiger partial charge < -0.3 is 15.8 Å². The quantitative estimate of drug-likeness (QED) is 0.564. The second kappa shape index (κ2) is 8.15. The fraction of sp³-hybridized carbons (Fsp3) is 0.857. The van der Waals surface area contributed by atoms with Crippen molar-refractivity contribution in [3.05, 3.63) is 0 Å². The second-order valence-electron chi connectivity index (χ2n) is 5.21. The Balaban J connectivity index is 2.42. The summed E-state index contributed by atoms with van der Waals surface area (Å²) in [4.78, 5) is 23.5. The van der Waals surface area contributed by atoms with Gasteiger partial charge in [0.25, 0.3) is 0 Å². The summed E-state index contributed by atoms with van der Waals surface area (Å²) >= 11 is 0. The van der Waals surface area contributed by atoms with Crippen LogP contribution in [0.25, 0.3) is 0 Å². The molecule has 0 radical (unpaired) electrons. The lowest BCUT2D eigenvalue weighted by Gasteiger charge is -2.29. The largest absolute Gasteiger partial charge is 0.466 e. The summed E-state index contributed by atoms with van der Waals surface area (Å²) in [5.74, 6) is -0.272. The number of ether oxygens (including phenoxy) is 1. The third-order valence-corrected chi connectivity index (χ3v) is 3.85. The van der Waals surface area contributed by atoms with Gasteiger partial charge in [-0.05, 0) is 19.8 Å². The SMILES string of the molecule is CCOC(=O)CCNC(=O)C1(CN)CCCCCC1. The Morgan fingerprint density at radius 1 is 1.21 bits per heavy atom. The average molecular weight is 270 g/mol. The number of hydrogen-bond donors (Lipinski definition) is 2. The molecule has 0 aromatic rings. The number of nitrogens with two attached hydrogens (primary N) is 1. The topological polar surface area (TPSA) is 81.4 Å². The van der Waals surface area contributed by atoms with E-state index in [0.29, 0.717) is 19.7 Å². The predicted molar refractivity (Wildman–Crippen MR) is 73.4 cm³/mol. The minimum absolute atomic E-state index is 0.00111. The Hall–Kier alpha value is -1.10. The number of carbonyl (C=O) groups excluding carboxylic acids is 2. The summed E-state index contributed by atoms with van der Waals surface area (Å²) in [7, 11) is 0. The van der Waals surface area contributed by atoms with Crippen molar-refractivity contribution >= 4 is 11.9 Å². The van der Waals surface area contributed by atoms with Crippen LogP contribution >= 0.6 is 0 Å². The smallest absolute Gasteiger partial charge is 0.307 e. The molecule has 1 aliphatic carbocycles. The molecular formula is C14H26N2O3. The van der Waals surface area contributed by atoms with Gasteiger partial charge in [-0.25, -0.2) is 0 Å². The number of nitrogens with one attached hydrogen (secondary N) is 1. The summed E-state index contributed by atoms with van der Waals surface area (Å²) in [6.07, 6.45) is 6.41. The molecule has 5 heteroatoms. The van der Waals surface area contributed by atoms with Gasteiger partial charge in [0.2, 0.25) is 5.91 Å². The van der Waals surface area contributed by atoms with Gasteiger partial charge in [-0.15, -0.1) is 0 Å². The first-order valence-corrected chi connectivity index (χ1v) is 7.28. The first-order chi connectivity index (χ1) is 9.14. The highest BCUT2D eigenvalue weighted by Crippen LogP contribution is 2.34. The summed E-state index contributed by atoms with van der Waals surface area (Å²) in [5.41, 5.74) is 5.41. The van der Waals surface area contributed by atoms with Crippen molar-refractivity contribution in [2.24, 2.45) is 11.1 Å². The van der Waals surface area contributed by atoms with Crippen LogP contribution in [0.3, 0.4) is 0 Å². The van der Waals surface area contributed by atoms with Gasteiger partial charge in [0, 0.05) is 13.1 Å². The van der Waals surface area contributed by atoms with Crippen molar-refractivity contribution in [2.45, 2.75) is 51.9 Å². The minimum atomic E-state index is -0.425. The average Bonchev–Trinajstić information content (AvgIpc) is 2.65. The van der Waals surface area contributed by atoms with E-state index in [9.17, 15) is 9.59 Å². The van der Waals surface area contributed by atoms with E-state index in [0.717, 1.165) is 25.7 Å². The molecule has 1 fully saturated rings. The number of hydrogen-bond acceptors (Lipinski definition) is 4. The molecule has 110 valence electrons. The highest BCUT2D eigenvalue weighted by Gasteiger charge is 2.36. The van der Waals surface area contributed by atoms with Gasteiger partial charge in [0.1, 0.15) is 0 Å². The van der Waals surface area contributed by atoms with E-state index in [4.69, 9.17) is 10.5 Å². The molecule has 0 spiro atoms. The van der Waals surface area contributed by atoms with Crippen LogP contribution in [-0.4, -0.2) is 31.6 Å². The molecule has 0 aliphatic heterocycles. The van der Waals surface area contributed by atoms with Gasteiger partial charge in [0.05, 0.1) is 18.4 Å². The van der Waals surface area contributed by atoms with Crippen LogP contribution < -0.4 is 11.1 Å². The number of amides is 1. The third-order valence-electron chi connectivity index (χ3n) is 3.85. The summed E-state index contributed by atoms with van der Waals surface area (Å²) in [5, 5.41) is 2.84. The van der Waals surface area contributed by atoms with Crippen molar-refractivity contribution in [3.8, 4) is 0 Å². The molecule has 0 atom stereocenters. The lowest BCUT2D eigenvalue weighted by atomic mass is 9.79. The normalized spacial score (nSPS) is 18.4. The van der Waals surface area contributed by atoms with E-state index in [1.54, 1.807) is 6.92 Å². The number of esters is 1. The first-order valence-electron chi connectivity index (χ1n) is 7.28. The van der Waals surface area contributed by atoms with Crippen LogP contribution in [0.4, 0.5) is 0 Å². The molecule has 0 aromatic heterocycles. The maximum Gasteiger partial charge on any atom is 0.307 e. The lowest BCUT2D eigenvalue weighted by Crippen LogP contribution is -2.46. The maximum absolute atomic E-state index is 12.3. The summed E-state index contributed by atoms with van der Waals surface area (Å²) in [6.45, 7) is 2.86. The zero-order valence-electron chi connectivity index (χ0n) is 11.9. The number of rotatable bonds is 6. The highest BCUT2D eigenvalue weighted by molar-refractivity contribution is 5.83. The Labute approximate surface area is 115 Å². The summed E-state index contributed by atoms with van der Waals surface area (Å²) in [6, 6.07) is 0. The fourth-order valence-electron chi connectivity index (χ4n) is 2.63. The fourth-order valence-corrected chi connectivity index (χ4v) is 2.63. The highest BCUT2D eigenvalue weighted by atomic mass is 16.5. The van der Waals surface area contributed by atoms with Crippen LogP contribution in [0.5, 0.6) is 0 Å². The minimum Gasteiger partial charge on any atom is -0.466 e. The van der Waals surface area contributed by atoms with Gasteiger partial charge in [0.15, 0.2) is 0 Å². The molecule has 1 rings (SSSR count). The molecule has 0 heterocycles. The molecule has 0 bridgehead atoms. The maximum atomic E-state index is 12.3. The zero-order valence-corrected chi connectivity index (χ0v) is 11.9. The van der Waals surface area contributed by atoms with E-state index in [2.05, 4.69) is 5.32 Å². The standard InChI is InChI=1S/C14H26N2O3/c1-2-19-12(17)7-10-16-13(18)14(11-15)8-5-3-4-6-9-14/h2-11,15H2,1H3,(H,16,18). The molecule has 19 heavy (non-hydrogen) atoms. The molecule has 0 aromatic carbocycles. The van der Waals surface area contributed by atoms with Crippen LogP contribution in [0.2, 0.25) is 0 Å². The van der Waals surface area contributed by atoms with Crippen LogP contribution in [-0.2, 0) is 14.3 Å². The third kappa shape index (κ3) is 4.82. The van der Waals surface area contributed by atoms with Gasteiger partial charge in [-0.1, -0.05) is 25.7 Å². The molecule has 1 saturated carbocycles. The lowest BCUT2D eigenvalue weighted by molar-refractivity contribution is -0.143. The van der Waals surface area contributed by atoms with Crippen LogP contribution in [0.1, 0.15) is 51.9 Å². The monoisotopic (exact) mass is 270 g/mol. The summed E-state index contributed by atoms with van der Waals surface area (Å²) < 4.78 is 4.83. The van der Waals surface area contributed by atoms with Crippen LogP contribution in [0.15, 0.2) is 0 Å². The van der Waals surface area contributed by atoms with E-state index >= 15 is 0 Å². The molecule has 1 amide bonds. The Morgan fingerprint density at radius 2 is 1.84 bits per heavy atom. The van der Waals surface area contributed by atoms with Crippen molar-refractivity contribution in [1.29, 1.82) is 0 Å². The van der Waals surface area contributed by atoms with Gasteiger partial charge in [-0.2, -0.15) is 0 Å². The zero-order chi connectivity index (χ0) is 14.1. The van der Waals surface area contributed by atoms with E-state index in [-0.39, 0.29) is 18.3 Å². The van der Waals surface area contributed by atoms with Crippen molar-refractivity contribution in [3.63, 3.8) is 0 Å². The van der Waals surface area contributed by atoms with Crippen molar-refractivity contribution < 1.29 is 14.3 Å². The van der Waals surface area contributed by atoms with Crippen molar-refractivity contribution in [2.75, 3.05) is 19.7 Å². The van der Waals surface area contributed by atoms with Crippen molar-refractivity contribution in [1.82, 2.24) is 5.32 Å². The first kappa shape index (κ1) is 16.0. The second-order valence-corrected chi connectivity index (χ2v) is 5.21.